The van der Waals surface area contributed by atoms with Crippen molar-refractivity contribution in [2.24, 2.45) is 0 Å². The Hall–Kier alpha value is -0.350. The lowest BCUT2D eigenvalue weighted by Crippen LogP contribution is -2.23. The van der Waals surface area contributed by atoms with E-state index in [1.54, 1.807) is 11.9 Å². The molecule has 0 bridgehead atoms. The van der Waals surface area contributed by atoms with Crippen molar-refractivity contribution in [2.45, 2.75) is 6.42 Å². The summed E-state index contributed by atoms with van der Waals surface area (Å²) >= 11 is 6.28. The summed E-state index contributed by atoms with van der Waals surface area (Å²) in [5.41, 5.74) is 1.23. The maximum atomic E-state index is 10.9. The molecule has 0 saturated heterocycles. The average molecular weight is 321 g/mol. The second-order valence-corrected chi connectivity index (χ2v) is 4.65. The predicted octanol–water partition coefficient (Wildman–Crippen LogP) is 3.44. The molecule has 1 aromatic carbocycles. The van der Waals surface area contributed by atoms with Crippen LogP contribution in [0.15, 0.2) is 28.7 Å². The van der Waals surface area contributed by atoms with Crippen molar-refractivity contribution in [3.8, 4) is 0 Å². The van der Waals surface area contributed by atoms with Crippen LogP contribution in [0.25, 0.3) is 0 Å². The molecule has 0 unspecified atom stereocenters. The molecule has 4 heteroatoms. The Balaban J connectivity index is 2.46. The molecule has 0 radical (unpaired) electrons. The lowest BCUT2D eigenvalue weighted by Gasteiger charge is -2.12. The molecule has 1 amide bonds. The number of amides is 1. The van der Waals surface area contributed by atoms with Crippen LogP contribution in [0.4, 0.5) is 4.79 Å². The molecule has 0 atom stereocenters. The van der Waals surface area contributed by atoms with Crippen LogP contribution in [0.1, 0.15) is 5.56 Å². The van der Waals surface area contributed by atoms with Gasteiger partial charge in [0.25, 0.3) is 4.82 Å². The number of carbonyl (C=O) groups excluding carboxylic acids is 1. The van der Waals surface area contributed by atoms with Crippen molar-refractivity contribution in [1.82, 2.24) is 4.90 Å². The number of carbonyl (C=O) groups is 1. The molecule has 0 aliphatic heterocycles. The van der Waals surface area contributed by atoms with Gasteiger partial charge in [0.2, 0.25) is 0 Å². The van der Waals surface area contributed by atoms with Crippen LogP contribution in [0.5, 0.6) is 0 Å². The molecule has 0 heterocycles. The Morgan fingerprint density at radius 2 is 1.93 bits per heavy atom. The third-order valence-corrected chi connectivity index (χ3v) is 3.08. The van der Waals surface area contributed by atoms with Gasteiger partial charge >= 0.3 is 0 Å². The monoisotopic (exact) mass is 319 g/mol. The fourth-order valence-electron chi connectivity index (χ4n) is 1.04. The molecule has 0 N–H and O–H groups in total. The summed E-state index contributed by atoms with van der Waals surface area (Å²) in [6.45, 7) is 0.728. The Morgan fingerprint density at radius 1 is 1.36 bits per heavy atom. The van der Waals surface area contributed by atoms with Crippen molar-refractivity contribution < 1.29 is 4.79 Å². The third kappa shape index (κ3) is 3.80. The first-order valence-corrected chi connectivity index (χ1v) is 5.83. The van der Waals surface area contributed by atoms with Gasteiger partial charge < -0.3 is 4.90 Å². The first kappa shape index (κ1) is 11.7. The number of benzene rings is 1. The van der Waals surface area contributed by atoms with Crippen LogP contribution in [-0.4, -0.2) is 23.3 Å². The zero-order valence-corrected chi connectivity index (χ0v) is 11.0. The van der Waals surface area contributed by atoms with Crippen molar-refractivity contribution in [3.05, 3.63) is 34.3 Å². The first-order chi connectivity index (χ1) is 6.59. The Bertz CT molecular complexity index is 310. The number of rotatable bonds is 3. The van der Waals surface area contributed by atoms with Crippen molar-refractivity contribution in [3.63, 3.8) is 0 Å². The van der Waals surface area contributed by atoms with E-state index in [0.29, 0.717) is 0 Å². The molecule has 0 aliphatic carbocycles. The standard InChI is InChI=1S/C10H11Br2NO/c1-13(10(12)14)7-6-8-2-4-9(11)5-3-8/h2-5H,6-7H2,1H3. The van der Waals surface area contributed by atoms with Gasteiger partial charge in [-0.25, -0.2) is 0 Å². The van der Waals surface area contributed by atoms with E-state index < -0.39 is 0 Å². The highest BCUT2D eigenvalue weighted by Gasteiger charge is 2.03. The quantitative estimate of drug-likeness (QED) is 0.617. The Labute approximate surface area is 101 Å². The minimum Gasteiger partial charge on any atom is -0.336 e. The summed E-state index contributed by atoms with van der Waals surface area (Å²) < 4.78 is 1.08. The Morgan fingerprint density at radius 3 is 2.43 bits per heavy atom. The van der Waals surface area contributed by atoms with E-state index in [9.17, 15) is 4.79 Å². The third-order valence-electron chi connectivity index (χ3n) is 1.95. The van der Waals surface area contributed by atoms with Gasteiger partial charge in [-0.3, -0.25) is 4.79 Å². The van der Waals surface area contributed by atoms with E-state index in [-0.39, 0.29) is 4.82 Å². The highest BCUT2D eigenvalue weighted by Crippen LogP contribution is 2.11. The summed E-state index contributed by atoms with van der Waals surface area (Å²) in [7, 11) is 1.77. The average Bonchev–Trinajstić information content (AvgIpc) is 2.16. The van der Waals surface area contributed by atoms with Crippen LogP contribution in [0.2, 0.25) is 0 Å². The molecule has 14 heavy (non-hydrogen) atoms. The number of hydrogen-bond acceptors (Lipinski definition) is 1. The topological polar surface area (TPSA) is 20.3 Å². The second kappa shape index (κ2) is 5.51. The van der Waals surface area contributed by atoms with Gasteiger partial charge in [-0.1, -0.05) is 28.1 Å². The van der Waals surface area contributed by atoms with E-state index in [0.717, 1.165) is 17.4 Å². The maximum Gasteiger partial charge on any atom is 0.289 e. The molecule has 0 aliphatic rings. The van der Waals surface area contributed by atoms with Crippen LogP contribution < -0.4 is 0 Å². The van der Waals surface area contributed by atoms with E-state index in [1.165, 1.54) is 5.56 Å². The molecule has 2 nitrogen and oxygen atoms in total. The van der Waals surface area contributed by atoms with Gasteiger partial charge in [-0.05, 0) is 24.1 Å². The molecular weight excluding hydrogens is 310 g/mol. The number of likely N-dealkylation sites (N-methyl/N-ethyl adjacent to an activating group) is 1. The SMILES string of the molecule is CN(CCc1ccc(Br)cc1)C(=O)Br. The predicted molar refractivity (Wildman–Crippen MR) is 64.8 cm³/mol. The molecule has 0 aromatic heterocycles. The lowest BCUT2D eigenvalue weighted by atomic mass is 10.1. The van der Waals surface area contributed by atoms with Gasteiger partial charge in [-0.15, -0.1) is 0 Å². The van der Waals surface area contributed by atoms with Gasteiger partial charge in [0, 0.05) is 34.0 Å². The second-order valence-electron chi connectivity index (χ2n) is 3.05. The number of halogens is 2. The van der Waals surface area contributed by atoms with Crippen LogP contribution in [0, 0.1) is 0 Å². The van der Waals surface area contributed by atoms with Crippen LogP contribution >= 0.6 is 31.9 Å². The molecule has 0 spiro atoms. The van der Waals surface area contributed by atoms with E-state index >= 15 is 0 Å². The largest absolute Gasteiger partial charge is 0.336 e. The molecular formula is C10H11Br2NO. The van der Waals surface area contributed by atoms with Gasteiger partial charge in [0.15, 0.2) is 0 Å². The molecule has 0 fully saturated rings. The van der Waals surface area contributed by atoms with E-state index in [2.05, 4.69) is 44.0 Å². The molecule has 1 rings (SSSR count). The Kier molecular flexibility index (Phi) is 4.62. The number of nitrogens with zero attached hydrogens (tertiary/aromatic N) is 1. The highest BCUT2D eigenvalue weighted by molar-refractivity contribution is 9.18. The fourth-order valence-corrected chi connectivity index (χ4v) is 1.48. The summed E-state index contributed by atoms with van der Waals surface area (Å²) in [6, 6.07) is 8.11. The zero-order valence-electron chi connectivity index (χ0n) is 7.84. The first-order valence-electron chi connectivity index (χ1n) is 4.24. The van der Waals surface area contributed by atoms with E-state index in [4.69, 9.17) is 0 Å². The molecule has 0 saturated carbocycles. The number of hydrogen-bond donors (Lipinski definition) is 0. The maximum absolute atomic E-state index is 10.9. The minimum atomic E-state index is -0.0744. The van der Waals surface area contributed by atoms with Gasteiger partial charge in [-0.2, -0.15) is 0 Å². The van der Waals surface area contributed by atoms with Crippen LogP contribution in [0.3, 0.4) is 0 Å². The molecule has 1 aromatic rings. The summed E-state index contributed by atoms with van der Waals surface area (Å²) in [5.74, 6) is 0. The van der Waals surface area contributed by atoms with Crippen LogP contribution in [-0.2, 0) is 6.42 Å². The highest BCUT2D eigenvalue weighted by atomic mass is 79.9. The zero-order chi connectivity index (χ0) is 10.6. The van der Waals surface area contributed by atoms with Gasteiger partial charge in [0.05, 0.1) is 0 Å². The fraction of sp³-hybridized carbons (Fsp3) is 0.300. The summed E-state index contributed by atoms with van der Waals surface area (Å²) in [5, 5.41) is 0. The normalized spacial score (nSPS) is 9.93. The minimum absolute atomic E-state index is 0.0744. The molecule has 76 valence electrons. The van der Waals surface area contributed by atoms with E-state index in [1.807, 2.05) is 12.1 Å². The van der Waals surface area contributed by atoms with Gasteiger partial charge in [0.1, 0.15) is 0 Å². The smallest absolute Gasteiger partial charge is 0.289 e. The lowest BCUT2D eigenvalue weighted by molar-refractivity contribution is 0.235. The van der Waals surface area contributed by atoms with Crippen molar-refractivity contribution in [1.29, 1.82) is 0 Å². The van der Waals surface area contributed by atoms with Crippen molar-refractivity contribution >= 4 is 36.7 Å². The summed E-state index contributed by atoms with van der Waals surface area (Å²) in [6.07, 6.45) is 0.876. The van der Waals surface area contributed by atoms with Crippen molar-refractivity contribution in [2.75, 3.05) is 13.6 Å². The summed E-state index contributed by atoms with van der Waals surface area (Å²) in [4.78, 5) is 12.4.